The van der Waals surface area contributed by atoms with E-state index in [1.807, 2.05) is 17.5 Å². The fraction of sp³-hybridized carbons (Fsp3) is 0.450. The predicted octanol–water partition coefficient (Wildman–Crippen LogP) is 6.01. The number of hydrogen-bond donors (Lipinski definition) is 0. The first kappa shape index (κ1) is 18.5. The average molecular weight is 393 g/mol. The number of thiophene rings is 1. The van der Waals surface area contributed by atoms with Crippen molar-refractivity contribution in [3.05, 3.63) is 41.3 Å². The zero-order chi connectivity index (χ0) is 19.0. The van der Waals surface area contributed by atoms with E-state index < -0.39 is 11.7 Å². The number of halogens is 3. The van der Waals surface area contributed by atoms with Gasteiger partial charge in [-0.15, -0.1) is 11.3 Å². The molecule has 3 nitrogen and oxygen atoms in total. The third kappa shape index (κ3) is 3.62. The van der Waals surface area contributed by atoms with Gasteiger partial charge in [-0.3, -0.25) is 4.90 Å². The van der Waals surface area contributed by atoms with Crippen LogP contribution in [0.1, 0.15) is 38.2 Å². The molecule has 0 spiro atoms. The molecule has 144 valence electrons. The van der Waals surface area contributed by atoms with Crippen molar-refractivity contribution in [2.45, 2.75) is 51.5 Å². The van der Waals surface area contributed by atoms with Crippen LogP contribution in [-0.2, 0) is 12.8 Å². The highest BCUT2D eigenvalue weighted by molar-refractivity contribution is 7.13. The molecule has 1 aromatic carbocycles. The maximum atomic E-state index is 13.1. The van der Waals surface area contributed by atoms with E-state index >= 15 is 0 Å². The molecule has 1 unspecified atom stereocenters. The third-order valence-corrected chi connectivity index (χ3v) is 6.13. The summed E-state index contributed by atoms with van der Waals surface area (Å²) >= 11 is 1.56. The van der Waals surface area contributed by atoms with Crippen molar-refractivity contribution in [2.75, 3.05) is 6.54 Å². The summed E-state index contributed by atoms with van der Waals surface area (Å²) in [6, 6.07) is 8.34. The fourth-order valence-corrected chi connectivity index (χ4v) is 4.69. The summed E-state index contributed by atoms with van der Waals surface area (Å²) in [6.45, 7) is 3.88. The Kier molecular flexibility index (Phi) is 4.99. The summed E-state index contributed by atoms with van der Waals surface area (Å²) in [7, 11) is 0. The van der Waals surface area contributed by atoms with Gasteiger partial charge in [-0.1, -0.05) is 19.4 Å². The first-order valence-electron chi connectivity index (χ1n) is 9.33. The molecule has 0 amide bonds. The Morgan fingerprint density at radius 2 is 2.11 bits per heavy atom. The van der Waals surface area contributed by atoms with Crippen LogP contribution in [-0.4, -0.2) is 27.0 Å². The molecule has 4 rings (SSSR count). The smallest absolute Gasteiger partial charge is 0.310 e. The van der Waals surface area contributed by atoms with Gasteiger partial charge in [-0.05, 0) is 48.9 Å². The Hall–Kier alpha value is -1.86. The second-order valence-electron chi connectivity index (χ2n) is 7.08. The molecular weight excluding hydrogens is 371 g/mol. The van der Waals surface area contributed by atoms with Crippen LogP contribution in [0.2, 0.25) is 0 Å². The molecule has 1 aliphatic heterocycles. The van der Waals surface area contributed by atoms with Crippen molar-refractivity contribution in [3.8, 4) is 10.7 Å². The largest absolute Gasteiger partial charge is 0.416 e. The van der Waals surface area contributed by atoms with E-state index in [0.29, 0.717) is 18.2 Å². The van der Waals surface area contributed by atoms with Crippen LogP contribution in [0, 0.1) is 0 Å². The van der Waals surface area contributed by atoms with E-state index in [0.717, 1.165) is 47.7 Å². The van der Waals surface area contributed by atoms with Gasteiger partial charge in [0.15, 0.2) is 5.82 Å². The van der Waals surface area contributed by atoms with E-state index in [-0.39, 0.29) is 0 Å². The number of alkyl halides is 3. The molecule has 0 bridgehead atoms. The number of fused-ring (bicyclic) bond motifs is 1. The van der Waals surface area contributed by atoms with Gasteiger partial charge in [0.05, 0.1) is 28.1 Å². The van der Waals surface area contributed by atoms with Gasteiger partial charge in [0.2, 0.25) is 0 Å². The number of likely N-dealkylation sites (tertiary alicyclic amines) is 1. The van der Waals surface area contributed by atoms with E-state index in [2.05, 4.69) is 21.4 Å². The Labute approximate surface area is 160 Å². The first-order chi connectivity index (χ1) is 13.0. The first-order valence-corrected chi connectivity index (χ1v) is 10.2. The van der Waals surface area contributed by atoms with Gasteiger partial charge in [0, 0.05) is 12.6 Å². The molecular formula is C20H22F3N3S. The maximum Gasteiger partial charge on any atom is 0.416 e. The number of aromatic nitrogens is 2. The second-order valence-corrected chi connectivity index (χ2v) is 8.03. The Morgan fingerprint density at radius 3 is 2.81 bits per heavy atom. The van der Waals surface area contributed by atoms with Crippen molar-refractivity contribution in [2.24, 2.45) is 0 Å². The van der Waals surface area contributed by atoms with Crippen LogP contribution < -0.4 is 0 Å². The van der Waals surface area contributed by atoms with Crippen LogP contribution in [0.25, 0.3) is 21.7 Å². The monoisotopic (exact) mass is 393 g/mol. The number of benzene rings is 1. The van der Waals surface area contributed by atoms with Gasteiger partial charge >= 0.3 is 6.18 Å². The van der Waals surface area contributed by atoms with Gasteiger partial charge in [-0.25, -0.2) is 4.98 Å². The van der Waals surface area contributed by atoms with Gasteiger partial charge in [0.25, 0.3) is 0 Å². The summed E-state index contributed by atoms with van der Waals surface area (Å²) in [5.41, 5.74) is 0.510. The Bertz CT molecular complexity index is 915. The van der Waals surface area contributed by atoms with Crippen molar-refractivity contribution in [1.29, 1.82) is 0 Å². The second kappa shape index (κ2) is 7.28. The van der Waals surface area contributed by atoms with Gasteiger partial charge < -0.3 is 4.57 Å². The summed E-state index contributed by atoms with van der Waals surface area (Å²) < 4.78 is 41.4. The zero-order valence-electron chi connectivity index (χ0n) is 15.2. The minimum atomic E-state index is -4.36. The lowest BCUT2D eigenvalue weighted by atomic mass is 10.1. The lowest BCUT2D eigenvalue weighted by Gasteiger charge is -2.25. The highest BCUT2D eigenvalue weighted by Gasteiger charge is 2.32. The minimum Gasteiger partial charge on any atom is -0.310 e. The SMILES string of the molecule is CCCC1CCCN1Cn1c(-c2cccs2)nc2cc(C(F)(F)F)ccc21. The molecule has 2 aromatic heterocycles. The molecule has 1 saturated heterocycles. The molecule has 0 saturated carbocycles. The van der Waals surface area contributed by atoms with E-state index in [1.165, 1.54) is 12.8 Å². The average Bonchev–Trinajstić information content (AvgIpc) is 3.35. The van der Waals surface area contributed by atoms with Crippen molar-refractivity contribution >= 4 is 22.4 Å². The molecule has 7 heteroatoms. The highest BCUT2D eigenvalue weighted by atomic mass is 32.1. The quantitative estimate of drug-likeness (QED) is 0.530. The molecule has 0 aliphatic carbocycles. The highest BCUT2D eigenvalue weighted by Crippen LogP contribution is 2.34. The van der Waals surface area contributed by atoms with Crippen LogP contribution in [0.3, 0.4) is 0 Å². The fourth-order valence-electron chi connectivity index (χ4n) is 3.97. The van der Waals surface area contributed by atoms with Crippen molar-refractivity contribution in [1.82, 2.24) is 14.5 Å². The molecule has 1 aliphatic rings. The lowest BCUT2D eigenvalue weighted by Crippen LogP contribution is -2.31. The summed E-state index contributed by atoms with van der Waals surface area (Å²) in [6.07, 6.45) is 0.289. The standard InChI is InChI=1S/C20H22F3N3S/c1-2-5-15-6-3-10-25(15)13-26-17-9-8-14(20(21,22)23)12-16(17)24-19(26)18-7-4-11-27-18/h4,7-9,11-12,15H,2-3,5-6,10,13H2,1H3. The number of rotatable bonds is 5. The predicted molar refractivity (Wildman–Crippen MR) is 103 cm³/mol. The van der Waals surface area contributed by atoms with Crippen LogP contribution in [0.15, 0.2) is 35.7 Å². The topological polar surface area (TPSA) is 21.1 Å². The summed E-state index contributed by atoms with van der Waals surface area (Å²) in [4.78, 5) is 8.01. The molecule has 1 atom stereocenters. The minimum absolute atomic E-state index is 0.402. The van der Waals surface area contributed by atoms with Crippen molar-refractivity contribution in [3.63, 3.8) is 0 Å². The van der Waals surface area contributed by atoms with Crippen molar-refractivity contribution < 1.29 is 13.2 Å². The normalized spacial score (nSPS) is 18.6. The molecule has 3 aromatic rings. The van der Waals surface area contributed by atoms with Crippen LogP contribution in [0.4, 0.5) is 13.2 Å². The lowest BCUT2D eigenvalue weighted by molar-refractivity contribution is -0.137. The Balaban J connectivity index is 1.78. The number of nitrogens with zero attached hydrogens (tertiary/aromatic N) is 3. The van der Waals surface area contributed by atoms with Gasteiger partial charge in [0.1, 0.15) is 0 Å². The number of imidazole rings is 1. The van der Waals surface area contributed by atoms with E-state index in [9.17, 15) is 13.2 Å². The summed E-state index contributed by atoms with van der Waals surface area (Å²) in [5, 5.41) is 1.97. The maximum absolute atomic E-state index is 13.1. The third-order valence-electron chi connectivity index (χ3n) is 5.26. The van der Waals surface area contributed by atoms with Crippen LogP contribution >= 0.6 is 11.3 Å². The number of hydrogen-bond acceptors (Lipinski definition) is 3. The van der Waals surface area contributed by atoms with E-state index in [1.54, 1.807) is 17.4 Å². The molecule has 3 heterocycles. The molecule has 0 N–H and O–H groups in total. The van der Waals surface area contributed by atoms with Crippen LogP contribution in [0.5, 0.6) is 0 Å². The summed E-state index contributed by atoms with van der Waals surface area (Å²) in [5.74, 6) is 0.751. The molecule has 27 heavy (non-hydrogen) atoms. The molecule has 1 fully saturated rings. The van der Waals surface area contributed by atoms with Gasteiger partial charge in [-0.2, -0.15) is 13.2 Å². The zero-order valence-corrected chi connectivity index (χ0v) is 16.0. The van der Waals surface area contributed by atoms with E-state index in [4.69, 9.17) is 0 Å². The Morgan fingerprint density at radius 1 is 1.26 bits per heavy atom. The molecule has 0 radical (unpaired) electrons.